The second-order valence-corrected chi connectivity index (χ2v) is 6.71. The highest BCUT2D eigenvalue weighted by Crippen LogP contribution is 2.23. The highest BCUT2D eigenvalue weighted by Gasteiger charge is 2.26. The Balaban J connectivity index is 1.67. The number of amides is 1. The van der Waals surface area contributed by atoms with Crippen LogP contribution in [0.3, 0.4) is 0 Å². The molecule has 0 bridgehead atoms. The fourth-order valence-electron chi connectivity index (χ4n) is 3.75. The molecule has 0 saturated carbocycles. The summed E-state index contributed by atoms with van der Waals surface area (Å²) in [5.74, 6) is 0.255. The van der Waals surface area contributed by atoms with Gasteiger partial charge in [-0.15, -0.1) is 0 Å². The van der Waals surface area contributed by atoms with Crippen molar-refractivity contribution in [3.05, 3.63) is 34.9 Å². The lowest BCUT2D eigenvalue weighted by atomic mass is 9.89. The fraction of sp³-hybridized carbons (Fsp3) is 0.611. The Morgan fingerprint density at radius 1 is 1.29 bits per heavy atom. The minimum Gasteiger partial charge on any atom is -0.340 e. The van der Waals surface area contributed by atoms with E-state index in [0.29, 0.717) is 6.42 Å². The molecule has 1 heterocycles. The lowest BCUT2D eigenvalue weighted by molar-refractivity contribution is -0.133. The minimum absolute atomic E-state index is 0.255. The van der Waals surface area contributed by atoms with Crippen LogP contribution >= 0.6 is 0 Å². The molecule has 2 atom stereocenters. The predicted octanol–water partition coefficient (Wildman–Crippen LogP) is 2.45. The molecule has 0 unspecified atom stereocenters. The molecule has 3 nitrogen and oxygen atoms in total. The third kappa shape index (κ3) is 3.29. The Morgan fingerprint density at radius 2 is 2.05 bits per heavy atom. The van der Waals surface area contributed by atoms with Crippen molar-refractivity contribution in [2.45, 2.75) is 64.0 Å². The maximum atomic E-state index is 12.5. The first kappa shape index (κ1) is 14.6. The van der Waals surface area contributed by atoms with Crippen LogP contribution in [0, 0.1) is 0 Å². The van der Waals surface area contributed by atoms with Gasteiger partial charge in [0.25, 0.3) is 0 Å². The summed E-state index contributed by atoms with van der Waals surface area (Å²) < 4.78 is 0. The number of nitrogens with zero attached hydrogens (tertiary/aromatic N) is 1. The van der Waals surface area contributed by atoms with Gasteiger partial charge in [0.05, 0.1) is 6.42 Å². The largest absolute Gasteiger partial charge is 0.340 e. The predicted molar refractivity (Wildman–Crippen MR) is 85.2 cm³/mol. The van der Waals surface area contributed by atoms with Crippen LogP contribution in [0.25, 0.3) is 0 Å². The van der Waals surface area contributed by atoms with Gasteiger partial charge in [-0.3, -0.25) is 4.79 Å². The van der Waals surface area contributed by atoms with E-state index in [1.165, 1.54) is 42.4 Å². The zero-order valence-electron chi connectivity index (χ0n) is 13.0. The van der Waals surface area contributed by atoms with Gasteiger partial charge in [0.2, 0.25) is 5.91 Å². The average Bonchev–Trinajstić information content (AvgIpc) is 2.47. The van der Waals surface area contributed by atoms with Crippen LogP contribution in [-0.2, 0) is 24.1 Å². The van der Waals surface area contributed by atoms with Crippen LogP contribution in [0.4, 0.5) is 0 Å². The first-order chi connectivity index (χ1) is 10.1. The van der Waals surface area contributed by atoms with Gasteiger partial charge in [-0.1, -0.05) is 18.2 Å². The van der Waals surface area contributed by atoms with Crippen molar-refractivity contribution < 1.29 is 4.79 Å². The topological polar surface area (TPSA) is 46.3 Å². The van der Waals surface area contributed by atoms with Crippen molar-refractivity contribution in [1.82, 2.24) is 4.90 Å². The van der Waals surface area contributed by atoms with E-state index in [2.05, 4.69) is 25.1 Å². The molecule has 1 aromatic rings. The van der Waals surface area contributed by atoms with Crippen LogP contribution in [0.15, 0.2) is 18.2 Å². The molecule has 1 amide bonds. The number of benzene rings is 1. The van der Waals surface area contributed by atoms with Gasteiger partial charge >= 0.3 is 0 Å². The summed E-state index contributed by atoms with van der Waals surface area (Å²) >= 11 is 0. The third-order valence-corrected chi connectivity index (χ3v) is 5.01. The van der Waals surface area contributed by atoms with Crippen LogP contribution in [0.1, 0.15) is 49.3 Å². The Hall–Kier alpha value is -1.35. The molecule has 0 radical (unpaired) electrons. The lowest BCUT2D eigenvalue weighted by Gasteiger charge is -2.36. The van der Waals surface area contributed by atoms with Crippen molar-refractivity contribution in [1.29, 1.82) is 0 Å². The molecule has 1 fully saturated rings. The second-order valence-electron chi connectivity index (χ2n) is 6.71. The quantitative estimate of drug-likeness (QED) is 0.907. The van der Waals surface area contributed by atoms with E-state index < -0.39 is 0 Å². The van der Waals surface area contributed by atoms with Crippen LogP contribution in [-0.4, -0.2) is 29.4 Å². The summed E-state index contributed by atoms with van der Waals surface area (Å²) in [4.78, 5) is 14.6. The number of piperidine rings is 1. The highest BCUT2D eigenvalue weighted by molar-refractivity contribution is 5.79. The zero-order chi connectivity index (χ0) is 14.8. The lowest BCUT2D eigenvalue weighted by Crippen LogP contribution is -2.48. The second kappa shape index (κ2) is 6.18. The molecule has 0 spiro atoms. The molecule has 1 aromatic carbocycles. The Morgan fingerprint density at radius 3 is 2.81 bits per heavy atom. The summed E-state index contributed by atoms with van der Waals surface area (Å²) in [6.07, 6.45) is 7.35. The number of fused-ring (bicyclic) bond motifs is 1. The van der Waals surface area contributed by atoms with E-state index in [4.69, 9.17) is 5.73 Å². The maximum Gasteiger partial charge on any atom is 0.227 e. The van der Waals surface area contributed by atoms with Gasteiger partial charge in [0.1, 0.15) is 0 Å². The molecule has 1 saturated heterocycles. The summed E-state index contributed by atoms with van der Waals surface area (Å²) in [5.41, 5.74) is 10.1. The molecule has 2 aliphatic rings. The molecule has 114 valence electrons. The molecule has 2 N–H and O–H groups in total. The summed E-state index contributed by atoms with van der Waals surface area (Å²) in [7, 11) is 0. The Labute approximate surface area is 127 Å². The normalized spacial score (nSPS) is 25.5. The summed E-state index contributed by atoms with van der Waals surface area (Å²) in [6, 6.07) is 7.16. The highest BCUT2D eigenvalue weighted by atomic mass is 16.2. The number of carbonyl (C=O) groups is 1. The SMILES string of the molecule is C[C@H]1C[C@@H](N)CCN1C(=O)Cc1ccc2c(c1)CCCC2. The molecule has 1 aliphatic carbocycles. The molecule has 1 aliphatic heterocycles. The van der Waals surface area contributed by atoms with Crippen molar-refractivity contribution in [3.8, 4) is 0 Å². The smallest absolute Gasteiger partial charge is 0.227 e. The van der Waals surface area contributed by atoms with Gasteiger partial charge < -0.3 is 10.6 Å². The maximum absolute atomic E-state index is 12.5. The number of hydrogen-bond acceptors (Lipinski definition) is 2. The van der Waals surface area contributed by atoms with E-state index in [0.717, 1.165) is 19.4 Å². The number of aryl methyl sites for hydroxylation is 2. The average molecular weight is 286 g/mol. The molecule has 3 rings (SSSR count). The van der Waals surface area contributed by atoms with E-state index in [9.17, 15) is 4.79 Å². The van der Waals surface area contributed by atoms with Crippen LogP contribution in [0.2, 0.25) is 0 Å². The van der Waals surface area contributed by atoms with Crippen LogP contribution < -0.4 is 5.73 Å². The monoisotopic (exact) mass is 286 g/mol. The number of likely N-dealkylation sites (tertiary alicyclic amines) is 1. The zero-order valence-corrected chi connectivity index (χ0v) is 13.0. The standard InChI is InChI=1S/C18H26N2O/c1-13-10-17(19)8-9-20(13)18(21)12-14-6-7-15-4-2-3-5-16(15)11-14/h6-7,11,13,17H,2-5,8-10,12,19H2,1H3/t13-,17-/m0/s1. The fourth-order valence-corrected chi connectivity index (χ4v) is 3.75. The van der Waals surface area contributed by atoms with Gasteiger partial charge in [0.15, 0.2) is 0 Å². The summed E-state index contributed by atoms with van der Waals surface area (Å²) in [5, 5.41) is 0. The van der Waals surface area contributed by atoms with Crippen molar-refractivity contribution in [3.63, 3.8) is 0 Å². The van der Waals surface area contributed by atoms with Crippen molar-refractivity contribution in [2.24, 2.45) is 5.73 Å². The molecule has 3 heteroatoms. The van der Waals surface area contributed by atoms with E-state index in [-0.39, 0.29) is 18.0 Å². The number of hydrogen-bond donors (Lipinski definition) is 1. The molecular weight excluding hydrogens is 260 g/mol. The van der Waals surface area contributed by atoms with Crippen molar-refractivity contribution >= 4 is 5.91 Å². The first-order valence-electron chi connectivity index (χ1n) is 8.29. The van der Waals surface area contributed by atoms with Gasteiger partial charge in [0, 0.05) is 18.6 Å². The first-order valence-corrected chi connectivity index (χ1v) is 8.29. The Kier molecular flexibility index (Phi) is 4.29. The van der Waals surface area contributed by atoms with Gasteiger partial charge in [-0.05, 0) is 62.1 Å². The van der Waals surface area contributed by atoms with Gasteiger partial charge in [-0.25, -0.2) is 0 Å². The minimum atomic E-state index is 0.255. The molecular formula is C18H26N2O. The van der Waals surface area contributed by atoms with E-state index >= 15 is 0 Å². The number of rotatable bonds is 2. The Bertz CT molecular complexity index is 526. The third-order valence-electron chi connectivity index (χ3n) is 5.01. The van der Waals surface area contributed by atoms with Crippen LogP contribution in [0.5, 0.6) is 0 Å². The summed E-state index contributed by atoms with van der Waals surface area (Å²) in [6.45, 7) is 2.93. The van der Waals surface area contributed by atoms with Crippen molar-refractivity contribution in [2.75, 3.05) is 6.54 Å². The molecule has 21 heavy (non-hydrogen) atoms. The number of nitrogens with two attached hydrogens (primary N) is 1. The molecule has 0 aromatic heterocycles. The van der Waals surface area contributed by atoms with Gasteiger partial charge in [-0.2, -0.15) is 0 Å². The van der Waals surface area contributed by atoms with E-state index in [1.807, 2.05) is 4.90 Å². The number of carbonyl (C=O) groups excluding carboxylic acids is 1. The van der Waals surface area contributed by atoms with E-state index in [1.54, 1.807) is 0 Å².